The Morgan fingerprint density at radius 3 is 3.00 bits per heavy atom. The van der Waals surface area contributed by atoms with Crippen LogP contribution in [-0.2, 0) is 11.2 Å². The van der Waals surface area contributed by atoms with Gasteiger partial charge < -0.3 is 5.11 Å². The molecule has 1 aliphatic carbocycles. The molecule has 2 nitrogen and oxygen atoms in total. The lowest BCUT2D eigenvalue weighted by Crippen LogP contribution is -2.26. The number of carbonyl (C=O) groups is 1. The first kappa shape index (κ1) is 11.6. The van der Waals surface area contributed by atoms with Crippen molar-refractivity contribution in [1.29, 1.82) is 0 Å². The summed E-state index contributed by atoms with van der Waals surface area (Å²) in [5.41, 5.74) is 1.92. The number of hydrogen-bond donors (Lipinski definition) is 1. The van der Waals surface area contributed by atoms with Crippen molar-refractivity contribution in [2.24, 2.45) is 0 Å². The molecule has 0 fully saturated rings. The molecule has 0 bridgehead atoms. The van der Waals surface area contributed by atoms with E-state index in [1.807, 2.05) is 18.2 Å². The maximum absolute atomic E-state index is 13.6. The molecule has 0 amide bonds. The first-order valence-electron chi connectivity index (χ1n) is 5.25. The molecule has 0 saturated heterocycles. The Balaban J connectivity index is 2.36. The zero-order valence-electron chi connectivity index (χ0n) is 8.62. The highest BCUT2D eigenvalue weighted by molar-refractivity contribution is 9.10. The van der Waals surface area contributed by atoms with E-state index >= 15 is 0 Å². The van der Waals surface area contributed by atoms with Gasteiger partial charge in [0.1, 0.15) is 0 Å². The average Bonchev–Trinajstić information content (AvgIpc) is 2.26. The van der Waals surface area contributed by atoms with Crippen molar-refractivity contribution in [3.8, 4) is 0 Å². The minimum absolute atomic E-state index is 0.491. The van der Waals surface area contributed by atoms with Crippen LogP contribution < -0.4 is 0 Å². The van der Waals surface area contributed by atoms with Crippen LogP contribution in [0.2, 0.25) is 0 Å². The zero-order chi connectivity index (χ0) is 11.7. The van der Waals surface area contributed by atoms with Crippen LogP contribution in [0.25, 0.3) is 0 Å². The fourth-order valence-corrected chi connectivity index (χ4v) is 2.71. The summed E-state index contributed by atoms with van der Waals surface area (Å²) in [6, 6.07) is 5.63. The van der Waals surface area contributed by atoms with Crippen LogP contribution in [0.5, 0.6) is 0 Å². The van der Waals surface area contributed by atoms with Crippen molar-refractivity contribution in [3.63, 3.8) is 0 Å². The number of rotatable bonds is 2. The van der Waals surface area contributed by atoms with Gasteiger partial charge in [-0.2, -0.15) is 0 Å². The Kier molecular flexibility index (Phi) is 3.28. The van der Waals surface area contributed by atoms with Crippen LogP contribution in [0.3, 0.4) is 0 Å². The van der Waals surface area contributed by atoms with E-state index < -0.39 is 18.1 Å². The van der Waals surface area contributed by atoms with Gasteiger partial charge in [-0.25, -0.2) is 9.18 Å². The van der Waals surface area contributed by atoms with E-state index in [1.54, 1.807) is 0 Å². The predicted octanol–water partition coefficient (Wildman–Crippen LogP) is 3.29. The largest absolute Gasteiger partial charge is 0.479 e. The van der Waals surface area contributed by atoms with Crippen molar-refractivity contribution in [1.82, 2.24) is 0 Å². The molecular formula is C12H12BrFO2. The van der Waals surface area contributed by atoms with Crippen molar-refractivity contribution in [2.45, 2.75) is 31.4 Å². The fraction of sp³-hybridized carbons (Fsp3) is 0.417. The molecule has 0 heterocycles. The third-order valence-corrected chi connectivity index (χ3v) is 3.55. The summed E-state index contributed by atoms with van der Waals surface area (Å²) in [6.07, 6.45) is 0.571. The molecule has 0 spiro atoms. The Morgan fingerprint density at radius 2 is 2.31 bits per heavy atom. The van der Waals surface area contributed by atoms with Crippen molar-refractivity contribution in [2.75, 3.05) is 0 Å². The van der Waals surface area contributed by atoms with Gasteiger partial charge in [-0.15, -0.1) is 0 Å². The van der Waals surface area contributed by atoms with Gasteiger partial charge in [-0.1, -0.05) is 22.0 Å². The van der Waals surface area contributed by atoms with Gasteiger partial charge >= 0.3 is 5.97 Å². The van der Waals surface area contributed by atoms with E-state index in [0.717, 1.165) is 28.4 Å². The van der Waals surface area contributed by atoms with Crippen LogP contribution in [0.15, 0.2) is 22.7 Å². The molecule has 86 valence electrons. The monoisotopic (exact) mass is 286 g/mol. The number of halogens is 2. The predicted molar refractivity (Wildman–Crippen MR) is 62.4 cm³/mol. The van der Waals surface area contributed by atoms with Crippen LogP contribution in [-0.4, -0.2) is 17.2 Å². The minimum Gasteiger partial charge on any atom is -0.479 e. The molecular weight excluding hydrogens is 275 g/mol. The standard InChI is InChI=1S/C12H12BrFO2/c13-8-4-5-9-7(6-8)2-1-3-10(9)11(14)12(15)16/h4-6,10-11H,1-3H2,(H,15,16). The molecule has 1 N–H and O–H groups in total. The van der Waals surface area contributed by atoms with E-state index in [0.29, 0.717) is 6.42 Å². The average molecular weight is 287 g/mol. The highest BCUT2D eigenvalue weighted by Crippen LogP contribution is 2.36. The number of carboxylic acids is 1. The van der Waals surface area contributed by atoms with Crippen LogP contribution >= 0.6 is 15.9 Å². The first-order valence-corrected chi connectivity index (χ1v) is 6.04. The number of alkyl halides is 1. The molecule has 1 aliphatic rings. The fourth-order valence-electron chi connectivity index (χ4n) is 2.30. The lowest BCUT2D eigenvalue weighted by Gasteiger charge is -2.26. The summed E-state index contributed by atoms with van der Waals surface area (Å²) < 4.78 is 14.5. The van der Waals surface area contributed by atoms with Gasteiger partial charge in [0.15, 0.2) is 0 Å². The second-order valence-corrected chi connectivity index (χ2v) is 5.00. The van der Waals surface area contributed by atoms with Gasteiger partial charge in [0.05, 0.1) is 0 Å². The van der Waals surface area contributed by atoms with E-state index in [1.165, 1.54) is 0 Å². The number of fused-ring (bicyclic) bond motifs is 1. The summed E-state index contributed by atoms with van der Waals surface area (Å²) in [5, 5.41) is 8.73. The maximum atomic E-state index is 13.6. The molecule has 2 atom stereocenters. The molecule has 0 aliphatic heterocycles. The molecule has 2 rings (SSSR count). The van der Waals surface area contributed by atoms with Crippen molar-refractivity contribution < 1.29 is 14.3 Å². The number of hydrogen-bond acceptors (Lipinski definition) is 1. The quantitative estimate of drug-likeness (QED) is 0.906. The lowest BCUT2D eigenvalue weighted by atomic mass is 9.80. The third-order valence-electron chi connectivity index (χ3n) is 3.05. The summed E-state index contributed by atoms with van der Waals surface area (Å²) in [4.78, 5) is 10.7. The molecule has 1 aromatic carbocycles. The molecule has 2 unspecified atom stereocenters. The highest BCUT2D eigenvalue weighted by Gasteiger charge is 2.32. The van der Waals surface area contributed by atoms with Gasteiger partial charge in [-0.3, -0.25) is 0 Å². The Hall–Kier alpha value is -0.900. The van der Waals surface area contributed by atoms with Gasteiger partial charge in [0.25, 0.3) is 0 Å². The second kappa shape index (κ2) is 4.53. The van der Waals surface area contributed by atoms with Crippen molar-refractivity contribution >= 4 is 21.9 Å². The Bertz CT molecular complexity index is 419. The van der Waals surface area contributed by atoms with Gasteiger partial charge in [0, 0.05) is 10.4 Å². The third kappa shape index (κ3) is 2.12. The Morgan fingerprint density at radius 1 is 1.56 bits per heavy atom. The molecule has 16 heavy (non-hydrogen) atoms. The van der Waals surface area contributed by atoms with Crippen LogP contribution in [0.1, 0.15) is 29.9 Å². The topological polar surface area (TPSA) is 37.3 Å². The van der Waals surface area contributed by atoms with Crippen LogP contribution in [0.4, 0.5) is 4.39 Å². The summed E-state index contributed by atoms with van der Waals surface area (Å²) in [6.45, 7) is 0. The number of aryl methyl sites for hydroxylation is 1. The van der Waals surface area contributed by atoms with Gasteiger partial charge in [-0.05, 0) is 42.5 Å². The lowest BCUT2D eigenvalue weighted by molar-refractivity contribution is -0.143. The summed E-state index contributed by atoms with van der Waals surface area (Å²) >= 11 is 3.37. The SMILES string of the molecule is O=C(O)C(F)C1CCCc2cc(Br)ccc21. The number of carboxylic acid groups (broad SMARTS) is 1. The Labute approximate surface area is 102 Å². The van der Waals surface area contributed by atoms with Gasteiger partial charge in [0.2, 0.25) is 6.17 Å². The molecule has 0 saturated carbocycles. The number of benzene rings is 1. The van der Waals surface area contributed by atoms with E-state index in [2.05, 4.69) is 15.9 Å². The molecule has 1 aromatic rings. The van der Waals surface area contributed by atoms with E-state index in [-0.39, 0.29) is 0 Å². The molecule has 4 heteroatoms. The molecule has 0 aromatic heterocycles. The van der Waals surface area contributed by atoms with E-state index in [9.17, 15) is 9.18 Å². The smallest absolute Gasteiger partial charge is 0.338 e. The summed E-state index contributed by atoms with van der Waals surface area (Å²) in [7, 11) is 0. The molecule has 0 radical (unpaired) electrons. The second-order valence-electron chi connectivity index (χ2n) is 4.08. The van der Waals surface area contributed by atoms with Crippen molar-refractivity contribution in [3.05, 3.63) is 33.8 Å². The van der Waals surface area contributed by atoms with E-state index in [4.69, 9.17) is 5.11 Å². The maximum Gasteiger partial charge on any atom is 0.338 e. The zero-order valence-corrected chi connectivity index (χ0v) is 10.2. The van der Waals surface area contributed by atoms with Crippen LogP contribution in [0, 0.1) is 0 Å². The summed E-state index contributed by atoms with van der Waals surface area (Å²) in [5.74, 6) is -1.85. The first-order chi connectivity index (χ1) is 7.59. The normalized spacial score (nSPS) is 21.2. The highest BCUT2D eigenvalue weighted by atomic mass is 79.9. The number of aliphatic carboxylic acids is 1. The minimum atomic E-state index is -1.79.